The van der Waals surface area contributed by atoms with Gasteiger partial charge in [0.05, 0.1) is 32.6 Å². The van der Waals surface area contributed by atoms with Crippen LogP contribution in [0.4, 0.5) is 5.69 Å². The normalized spacial score (nSPS) is 15.7. The number of hydrogen-bond acceptors (Lipinski definition) is 6. The van der Waals surface area contributed by atoms with Crippen molar-refractivity contribution in [3.05, 3.63) is 53.6 Å². The second-order valence-corrected chi connectivity index (χ2v) is 14.7. The first kappa shape index (κ1) is 32.5. The van der Waals surface area contributed by atoms with Crippen LogP contribution in [0.3, 0.4) is 0 Å². The monoisotopic (exact) mass is 573 g/mol. The molecule has 2 aromatic carbocycles. The predicted octanol–water partition coefficient (Wildman–Crippen LogP) is 8.56. The van der Waals surface area contributed by atoms with Crippen LogP contribution >= 0.6 is 7.60 Å². The lowest BCUT2D eigenvalue weighted by molar-refractivity contribution is 0.213. The molecule has 0 bridgehead atoms. The average molecular weight is 574 g/mol. The first-order valence-corrected chi connectivity index (χ1v) is 16.7. The molecule has 1 saturated heterocycles. The number of anilines is 1. The predicted molar refractivity (Wildman–Crippen MR) is 166 cm³/mol. The Balaban J connectivity index is 1.55. The summed E-state index contributed by atoms with van der Waals surface area (Å²) in [6, 6.07) is 14.7. The van der Waals surface area contributed by atoms with Crippen molar-refractivity contribution in [1.82, 2.24) is 0 Å². The van der Waals surface area contributed by atoms with Crippen molar-refractivity contribution in [2.75, 3.05) is 44.9 Å². The fraction of sp³-hybridized carbons (Fsp3) is 0.636. The SMILES string of the molecule is CCOP(=O)(OCC)C(C)Cc1cccc(OCC2CCN(c3cc(OC)ccc3CCCC(C)(C)C)CC2)c1. The van der Waals surface area contributed by atoms with Crippen molar-refractivity contribution >= 4 is 13.3 Å². The van der Waals surface area contributed by atoms with Gasteiger partial charge in [0.25, 0.3) is 0 Å². The summed E-state index contributed by atoms with van der Waals surface area (Å²) >= 11 is 0. The molecule has 0 saturated carbocycles. The molecule has 1 fully saturated rings. The van der Waals surface area contributed by atoms with Gasteiger partial charge in [-0.1, -0.05) is 45.9 Å². The van der Waals surface area contributed by atoms with Gasteiger partial charge in [0.15, 0.2) is 0 Å². The van der Waals surface area contributed by atoms with Gasteiger partial charge in [-0.3, -0.25) is 4.57 Å². The van der Waals surface area contributed by atoms with Crippen LogP contribution in [-0.4, -0.2) is 45.7 Å². The molecule has 40 heavy (non-hydrogen) atoms. The minimum atomic E-state index is -3.14. The molecule has 1 heterocycles. The average Bonchev–Trinajstić information content (AvgIpc) is 2.92. The molecule has 0 N–H and O–H groups in total. The van der Waals surface area contributed by atoms with E-state index >= 15 is 0 Å². The lowest BCUT2D eigenvalue weighted by Gasteiger charge is -2.35. The Bertz CT molecular complexity index is 1080. The third kappa shape index (κ3) is 9.82. The van der Waals surface area contributed by atoms with E-state index < -0.39 is 7.60 Å². The molecule has 1 aliphatic rings. The number of ether oxygens (including phenoxy) is 2. The summed E-state index contributed by atoms with van der Waals surface area (Å²) in [7, 11) is -1.39. The van der Waals surface area contributed by atoms with Crippen LogP contribution < -0.4 is 14.4 Å². The van der Waals surface area contributed by atoms with Gasteiger partial charge in [-0.05, 0) is 93.0 Å². The first-order valence-electron chi connectivity index (χ1n) is 15.1. The van der Waals surface area contributed by atoms with E-state index in [9.17, 15) is 4.57 Å². The molecule has 1 unspecified atom stereocenters. The van der Waals surface area contributed by atoms with Crippen molar-refractivity contribution in [2.45, 2.75) is 85.7 Å². The molecule has 7 heteroatoms. The second-order valence-electron chi connectivity index (χ2n) is 12.2. The van der Waals surface area contributed by atoms with Gasteiger partial charge >= 0.3 is 7.60 Å². The molecule has 3 rings (SSSR count). The Labute approximate surface area is 243 Å². The third-order valence-corrected chi connectivity index (χ3v) is 10.2. The van der Waals surface area contributed by atoms with E-state index in [0.717, 1.165) is 49.4 Å². The Morgan fingerprint density at radius 3 is 2.33 bits per heavy atom. The summed E-state index contributed by atoms with van der Waals surface area (Å²) in [5.41, 5.74) is 3.96. The minimum Gasteiger partial charge on any atom is -0.497 e. The molecule has 0 spiro atoms. The van der Waals surface area contributed by atoms with Gasteiger partial charge in [0.2, 0.25) is 0 Å². The maximum Gasteiger partial charge on any atom is 0.333 e. The van der Waals surface area contributed by atoms with Crippen LogP contribution in [0.25, 0.3) is 0 Å². The zero-order valence-corrected chi connectivity index (χ0v) is 26.8. The largest absolute Gasteiger partial charge is 0.497 e. The van der Waals surface area contributed by atoms with Crippen molar-refractivity contribution in [2.24, 2.45) is 11.3 Å². The van der Waals surface area contributed by atoms with Crippen LogP contribution in [0.15, 0.2) is 42.5 Å². The zero-order valence-electron chi connectivity index (χ0n) is 25.9. The van der Waals surface area contributed by atoms with E-state index in [1.165, 1.54) is 24.1 Å². The Kier molecular flexibility index (Phi) is 12.4. The molecule has 1 atom stereocenters. The molecule has 2 aromatic rings. The molecule has 224 valence electrons. The van der Waals surface area contributed by atoms with E-state index in [0.29, 0.717) is 37.6 Å². The smallest absolute Gasteiger partial charge is 0.333 e. The van der Waals surface area contributed by atoms with Gasteiger partial charge in [-0.25, -0.2) is 0 Å². The summed E-state index contributed by atoms with van der Waals surface area (Å²) in [4.78, 5) is 2.53. The number of rotatable bonds is 15. The highest BCUT2D eigenvalue weighted by molar-refractivity contribution is 7.54. The maximum atomic E-state index is 13.1. The van der Waals surface area contributed by atoms with E-state index in [4.69, 9.17) is 18.5 Å². The molecular weight excluding hydrogens is 521 g/mol. The highest BCUT2D eigenvalue weighted by Crippen LogP contribution is 2.53. The first-order chi connectivity index (χ1) is 19.1. The summed E-state index contributed by atoms with van der Waals surface area (Å²) < 4.78 is 36.0. The number of aryl methyl sites for hydroxylation is 1. The number of nitrogens with zero attached hydrogens (tertiary/aromatic N) is 1. The summed E-state index contributed by atoms with van der Waals surface area (Å²) in [5.74, 6) is 2.31. The zero-order chi connectivity index (χ0) is 29.2. The highest BCUT2D eigenvalue weighted by atomic mass is 31.2. The molecule has 0 radical (unpaired) electrons. The highest BCUT2D eigenvalue weighted by Gasteiger charge is 2.32. The number of benzene rings is 2. The van der Waals surface area contributed by atoms with Gasteiger partial charge in [-0.2, -0.15) is 0 Å². The molecule has 0 aliphatic carbocycles. The van der Waals surface area contributed by atoms with Crippen LogP contribution in [0.5, 0.6) is 11.5 Å². The van der Waals surface area contributed by atoms with E-state index in [-0.39, 0.29) is 5.66 Å². The maximum absolute atomic E-state index is 13.1. The van der Waals surface area contributed by atoms with E-state index in [1.54, 1.807) is 7.11 Å². The number of piperidine rings is 1. The fourth-order valence-corrected chi connectivity index (χ4v) is 7.14. The van der Waals surface area contributed by atoms with Crippen LogP contribution in [-0.2, 0) is 26.5 Å². The van der Waals surface area contributed by atoms with Gasteiger partial charge in [0, 0.05) is 24.8 Å². The fourth-order valence-electron chi connectivity index (χ4n) is 5.41. The van der Waals surface area contributed by atoms with Crippen molar-refractivity contribution < 1.29 is 23.1 Å². The minimum absolute atomic E-state index is 0.220. The molecule has 0 aromatic heterocycles. The summed E-state index contributed by atoms with van der Waals surface area (Å²) in [5, 5.41) is 0. The summed E-state index contributed by atoms with van der Waals surface area (Å²) in [6.07, 6.45) is 6.32. The molecule has 0 amide bonds. The Morgan fingerprint density at radius 2 is 1.70 bits per heavy atom. The van der Waals surface area contributed by atoms with Crippen LogP contribution in [0.2, 0.25) is 0 Å². The molecule has 1 aliphatic heterocycles. The quantitative estimate of drug-likeness (QED) is 0.199. The van der Waals surface area contributed by atoms with Gasteiger partial charge < -0.3 is 23.4 Å². The van der Waals surface area contributed by atoms with E-state index in [1.807, 2.05) is 32.9 Å². The molecule has 6 nitrogen and oxygen atoms in total. The Morgan fingerprint density at radius 1 is 1.00 bits per heavy atom. The lowest BCUT2D eigenvalue weighted by Crippen LogP contribution is -2.36. The van der Waals surface area contributed by atoms with Crippen molar-refractivity contribution in [1.29, 1.82) is 0 Å². The van der Waals surface area contributed by atoms with Crippen molar-refractivity contribution in [3.63, 3.8) is 0 Å². The second kappa shape index (κ2) is 15.3. The molecular formula is C33H52NO5P. The topological polar surface area (TPSA) is 57.2 Å². The number of methoxy groups -OCH3 is 1. The van der Waals surface area contributed by atoms with Gasteiger partial charge in [-0.15, -0.1) is 0 Å². The van der Waals surface area contributed by atoms with Crippen LogP contribution in [0, 0.1) is 11.3 Å². The standard InChI is InChI=1S/C33H52NO5P/c1-8-38-40(35,39-9-2)26(3)22-28-12-10-14-31(23-28)37-25-27-17-20-34(21-18-27)32-24-30(36-7)16-15-29(32)13-11-19-33(4,5)6/h10,12,14-16,23-24,26-27H,8-9,11,13,17-22,25H2,1-7H3. The van der Waals surface area contributed by atoms with Gasteiger partial charge in [0.1, 0.15) is 11.5 Å². The van der Waals surface area contributed by atoms with Crippen molar-refractivity contribution in [3.8, 4) is 11.5 Å². The van der Waals surface area contributed by atoms with Crippen LogP contribution in [0.1, 0.15) is 78.4 Å². The summed E-state index contributed by atoms with van der Waals surface area (Å²) in [6.45, 7) is 16.1. The lowest BCUT2D eigenvalue weighted by atomic mass is 9.88. The Hall–Kier alpha value is -2.01. The number of hydrogen-bond donors (Lipinski definition) is 0. The third-order valence-electron chi connectivity index (χ3n) is 7.69. The van der Waals surface area contributed by atoms with E-state index in [2.05, 4.69) is 56.0 Å².